The number of aromatic carboxylic acids is 1. The van der Waals surface area contributed by atoms with Gasteiger partial charge < -0.3 is 20.6 Å². The van der Waals surface area contributed by atoms with Gasteiger partial charge in [0.15, 0.2) is 0 Å². The van der Waals surface area contributed by atoms with Gasteiger partial charge in [-0.2, -0.15) is 0 Å². The van der Waals surface area contributed by atoms with Gasteiger partial charge in [0.05, 0.1) is 5.56 Å². The van der Waals surface area contributed by atoms with Crippen molar-refractivity contribution in [3.05, 3.63) is 29.3 Å². The van der Waals surface area contributed by atoms with Crippen LogP contribution in [0.5, 0.6) is 0 Å². The first-order chi connectivity index (χ1) is 9.45. The van der Waals surface area contributed by atoms with E-state index < -0.39 is 5.97 Å². The lowest BCUT2D eigenvalue weighted by molar-refractivity contribution is 0.0696. The molecule has 0 unspecified atom stereocenters. The fourth-order valence-electron chi connectivity index (χ4n) is 1.69. The van der Waals surface area contributed by atoms with Gasteiger partial charge in [-0.05, 0) is 38.2 Å². The molecule has 0 heterocycles. The average molecular weight is 279 g/mol. The first-order valence-electron chi connectivity index (χ1n) is 6.52. The number of urea groups is 1. The number of amides is 2. The zero-order valence-electron chi connectivity index (χ0n) is 12.1. The molecule has 0 saturated carbocycles. The number of carbonyl (C=O) groups excluding carboxylic acids is 1. The summed E-state index contributed by atoms with van der Waals surface area (Å²) >= 11 is 0. The van der Waals surface area contributed by atoms with Crippen LogP contribution in [0, 0.1) is 6.92 Å². The number of rotatable bonds is 6. The lowest BCUT2D eigenvalue weighted by Gasteiger charge is -2.15. The van der Waals surface area contributed by atoms with Crippen molar-refractivity contribution in [1.82, 2.24) is 10.2 Å². The van der Waals surface area contributed by atoms with Gasteiger partial charge in [0.1, 0.15) is 0 Å². The van der Waals surface area contributed by atoms with E-state index in [0.717, 1.165) is 13.1 Å². The molecule has 0 bridgehead atoms. The number of anilines is 1. The van der Waals surface area contributed by atoms with Crippen molar-refractivity contribution in [2.24, 2.45) is 0 Å². The maximum absolute atomic E-state index is 11.7. The van der Waals surface area contributed by atoms with Crippen molar-refractivity contribution >= 4 is 17.7 Å². The van der Waals surface area contributed by atoms with Crippen LogP contribution >= 0.6 is 0 Å². The van der Waals surface area contributed by atoms with E-state index >= 15 is 0 Å². The highest BCUT2D eigenvalue weighted by atomic mass is 16.4. The molecule has 20 heavy (non-hydrogen) atoms. The third-order valence-electron chi connectivity index (χ3n) is 3.13. The molecule has 3 N–H and O–H groups in total. The predicted octanol–water partition coefficient (Wildman–Crippen LogP) is 1.77. The third kappa shape index (κ3) is 4.55. The fraction of sp³-hybridized carbons (Fsp3) is 0.429. The Bertz CT molecular complexity index is 489. The van der Waals surface area contributed by atoms with Gasteiger partial charge in [0.25, 0.3) is 0 Å². The molecule has 0 atom stereocenters. The Hall–Kier alpha value is -2.08. The van der Waals surface area contributed by atoms with E-state index in [1.807, 2.05) is 14.0 Å². The zero-order chi connectivity index (χ0) is 15.1. The van der Waals surface area contributed by atoms with Crippen LogP contribution in [0.4, 0.5) is 10.5 Å². The van der Waals surface area contributed by atoms with Crippen molar-refractivity contribution in [2.45, 2.75) is 13.8 Å². The van der Waals surface area contributed by atoms with Crippen molar-refractivity contribution in [2.75, 3.05) is 32.0 Å². The van der Waals surface area contributed by atoms with Crippen molar-refractivity contribution < 1.29 is 14.7 Å². The molecule has 6 heteroatoms. The van der Waals surface area contributed by atoms with Crippen LogP contribution in [0.15, 0.2) is 18.2 Å². The van der Waals surface area contributed by atoms with Gasteiger partial charge in [0.2, 0.25) is 0 Å². The Labute approximate surface area is 118 Å². The van der Waals surface area contributed by atoms with E-state index in [0.29, 0.717) is 17.8 Å². The van der Waals surface area contributed by atoms with Gasteiger partial charge in [-0.1, -0.05) is 13.0 Å². The molecule has 1 rings (SSSR count). The van der Waals surface area contributed by atoms with Crippen LogP contribution < -0.4 is 10.6 Å². The number of nitrogens with one attached hydrogen (secondary N) is 2. The molecule has 0 aliphatic heterocycles. The van der Waals surface area contributed by atoms with Crippen LogP contribution in [0.3, 0.4) is 0 Å². The first kappa shape index (κ1) is 16.0. The Morgan fingerprint density at radius 3 is 2.65 bits per heavy atom. The molecule has 0 saturated heterocycles. The van der Waals surface area contributed by atoms with Crippen LogP contribution in [0.1, 0.15) is 22.8 Å². The van der Waals surface area contributed by atoms with Crippen molar-refractivity contribution in [3.8, 4) is 0 Å². The monoisotopic (exact) mass is 279 g/mol. The maximum atomic E-state index is 11.7. The van der Waals surface area contributed by atoms with E-state index in [1.54, 1.807) is 19.1 Å². The van der Waals surface area contributed by atoms with E-state index in [-0.39, 0.29) is 11.6 Å². The number of hydrogen-bond donors (Lipinski definition) is 3. The third-order valence-corrected chi connectivity index (χ3v) is 3.13. The number of benzene rings is 1. The van der Waals surface area contributed by atoms with Crippen LogP contribution in [0.25, 0.3) is 0 Å². The minimum Gasteiger partial charge on any atom is -0.478 e. The molecule has 1 aromatic carbocycles. The second kappa shape index (κ2) is 7.49. The molecule has 0 aliphatic carbocycles. The van der Waals surface area contributed by atoms with Crippen LogP contribution in [-0.4, -0.2) is 48.7 Å². The lowest BCUT2D eigenvalue weighted by Crippen LogP contribution is -2.35. The van der Waals surface area contributed by atoms with Gasteiger partial charge in [-0.25, -0.2) is 9.59 Å². The average Bonchev–Trinajstić information content (AvgIpc) is 2.40. The van der Waals surface area contributed by atoms with Crippen LogP contribution in [0.2, 0.25) is 0 Å². The summed E-state index contributed by atoms with van der Waals surface area (Å²) in [4.78, 5) is 24.8. The maximum Gasteiger partial charge on any atom is 0.336 e. The Balaban J connectivity index is 2.58. The fourth-order valence-corrected chi connectivity index (χ4v) is 1.69. The molecule has 2 amide bonds. The molecule has 110 valence electrons. The van der Waals surface area contributed by atoms with Gasteiger partial charge >= 0.3 is 12.0 Å². The highest BCUT2D eigenvalue weighted by Gasteiger charge is 2.11. The van der Waals surface area contributed by atoms with Crippen LogP contribution in [-0.2, 0) is 0 Å². The summed E-state index contributed by atoms with van der Waals surface area (Å²) in [5, 5.41) is 14.4. The summed E-state index contributed by atoms with van der Waals surface area (Å²) in [6, 6.07) is 4.47. The Morgan fingerprint density at radius 2 is 2.05 bits per heavy atom. The first-order valence-corrected chi connectivity index (χ1v) is 6.52. The summed E-state index contributed by atoms with van der Waals surface area (Å²) in [7, 11) is 1.97. The minimum atomic E-state index is -1.00. The molecule has 0 fully saturated rings. The SMILES string of the molecule is CCN(C)CCNC(=O)Nc1cccc(C(=O)O)c1C. The summed E-state index contributed by atoms with van der Waals surface area (Å²) in [5.74, 6) is -1.00. The number of carboxylic acids is 1. The largest absolute Gasteiger partial charge is 0.478 e. The number of carbonyl (C=O) groups is 2. The Morgan fingerprint density at radius 1 is 1.35 bits per heavy atom. The van der Waals surface area contributed by atoms with Crippen molar-refractivity contribution in [1.29, 1.82) is 0 Å². The van der Waals surface area contributed by atoms with Gasteiger partial charge in [0, 0.05) is 18.8 Å². The quantitative estimate of drug-likeness (QED) is 0.741. The van der Waals surface area contributed by atoms with Gasteiger partial charge in [-0.3, -0.25) is 0 Å². The molecule has 1 aromatic rings. The minimum absolute atomic E-state index is 0.188. The molecule has 6 nitrogen and oxygen atoms in total. The van der Waals surface area contributed by atoms with E-state index in [9.17, 15) is 9.59 Å². The molecular weight excluding hydrogens is 258 g/mol. The smallest absolute Gasteiger partial charge is 0.336 e. The molecule has 0 aliphatic rings. The summed E-state index contributed by atoms with van der Waals surface area (Å²) in [5.41, 5.74) is 1.24. The normalized spacial score (nSPS) is 10.4. The molecular formula is C14H21N3O3. The summed E-state index contributed by atoms with van der Waals surface area (Å²) in [6.45, 7) is 5.93. The van der Waals surface area contributed by atoms with Crippen molar-refractivity contribution in [3.63, 3.8) is 0 Å². The Kier molecular flexibility index (Phi) is 5.99. The standard InChI is InChI=1S/C14H21N3O3/c1-4-17(3)9-8-15-14(20)16-12-7-5-6-11(10(12)2)13(18)19/h5-7H,4,8-9H2,1-3H3,(H,18,19)(H2,15,16,20). The number of hydrogen-bond acceptors (Lipinski definition) is 3. The summed E-state index contributed by atoms with van der Waals surface area (Å²) in [6.07, 6.45) is 0. The second-order valence-electron chi connectivity index (χ2n) is 4.56. The predicted molar refractivity (Wildman–Crippen MR) is 78.3 cm³/mol. The van der Waals surface area contributed by atoms with Gasteiger partial charge in [-0.15, -0.1) is 0 Å². The molecule has 0 aromatic heterocycles. The second-order valence-corrected chi connectivity index (χ2v) is 4.56. The number of nitrogens with zero attached hydrogens (tertiary/aromatic N) is 1. The number of carboxylic acid groups (broad SMARTS) is 1. The van der Waals surface area contributed by atoms with E-state index in [2.05, 4.69) is 15.5 Å². The lowest BCUT2D eigenvalue weighted by atomic mass is 10.1. The highest BCUT2D eigenvalue weighted by Crippen LogP contribution is 2.18. The van der Waals surface area contributed by atoms with E-state index in [4.69, 9.17) is 5.11 Å². The zero-order valence-corrected chi connectivity index (χ0v) is 12.1. The highest BCUT2D eigenvalue weighted by molar-refractivity contribution is 5.95. The summed E-state index contributed by atoms with van der Waals surface area (Å²) < 4.78 is 0. The topological polar surface area (TPSA) is 81.7 Å². The number of likely N-dealkylation sites (N-methyl/N-ethyl adjacent to an activating group) is 1. The molecule has 0 spiro atoms. The van der Waals surface area contributed by atoms with E-state index in [1.165, 1.54) is 6.07 Å². The molecule has 0 radical (unpaired) electrons.